The first-order chi connectivity index (χ1) is 13.4. The second kappa shape index (κ2) is 8.46. The molecule has 1 N–H and O–H groups in total. The first-order valence-corrected chi connectivity index (χ1v) is 9.97. The van der Waals surface area contributed by atoms with Gasteiger partial charge in [-0.15, -0.1) is 0 Å². The molecule has 0 radical (unpaired) electrons. The van der Waals surface area contributed by atoms with Gasteiger partial charge in [0, 0.05) is 43.1 Å². The Morgan fingerprint density at radius 3 is 2.43 bits per heavy atom. The van der Waals surface area contributed by atoms with Gasteiger partial charge in [0.05, 0.1) is 5.92 Å². The Labute approximate surface area is 167 Å². The molecule has 0 bridgehead atoms. The monoisotopic (exact) mass is 379 g/mol. The van der Waals surface area contributed by atoms with Crippen LogP contribution in [0.5, 0.6) is 0 Å². The number of carbonyl (C=O) groups is 2. The number of carbonyl (C=O) groups excluding carboxylic acids is 2. The number of aryl methyl sites for hydroxylation is 1. The maximum atomic E-state index is 12.7. The zero-order chi connectivity index (χ0) is 20.3. The van der Waals surface area contributed by atoms with Crippen molar-refractivity contribution in [3.8, 4) is 0 Å². The third-order valence-corrected chi connectivity index (χ3v) is 5.63. The normalized spacial score (nSPS) is 16.4. The highest BCUT2D eigenvalue weighted by Crippen LogP contribution is 2.30. The van der Waals surface area contributed by atoms with Crippen molar-refractivity contribution in [2.45, 2.75) is 34.1 Å². The van der Waals surface area contributed by atoms with Gasteiger partial charge in [0.25, 0.3) is 0 Å². The molecule has 148 valence electrons. The molecule has 1 aliphatic heterocycles. The molecule has 3 rings (SSSR count). The van der Waals surface area contributed by atoms with Gasteiger partial charge < -0.3 is 15.1 Å². The van der Waals surface area contributed by atoms with Crippen molar-refractivity contribution in [1.82, 2.24) is 0 Å². The summed E-state index contributed by atoms with van der Waals surface area (Å²) < 4.78 is 0. The second-order valence-corrected chi connectivity index (χ2v) is 7.33. The molecule has 1 atom stereocenters. The van der Waals surface area contributed by atoms with Crippen molar-refractivity contribution >= 4 is 28.9 Å². The lowest BCUT2D eigenvalue weighted by Gasteiger charge is -2.21. The third kappa shape index (κ3) is 4.03. The predicted molar refractivity (Wildman–Crippen MR) is 115 cm³/mol. The molecule has 0 spiro atoms. The van der Waals surface area contributed by atoms with Crippen molar-refractivity contribution in [3.05, 3.63) is 53.6 Å². The fourth-order valence-corrected chi connectivity index (χ4v) is 3.73. The molecular formula is C23H29N3O2. The smallest absolute Gasteiger partial charge is 0.229 e. The lowest BCUT2D eigenvalue weighted by Crippen LogP contribution is -2.28. The number of benzene rings is 2. The maximum Gasteiger partial charge on any atom is 0.229 e. The lowest BCUT2D eigenvalue weighted by molar-refractivity contribution is -0.122. The summed E-state index contributed by atoms with van der Waals surface area (Å²) in [5.74, 6) is -0.433. The highest BCUT2D eigenvalue weighted by molar-refractivity contribution is 6.04. The number of amides is 2. The van der Waals surface area contributed by atoms with E-state index >= 15 is 0 Å². The van der Waals surface area contributed by atoms with Crippen LogP contribution in [0.3, 0.4) is 0 Å². The molecule has 1 fully saturated rings. The van der Waals surface area contributed by atoms with E-state index in [1.807, 2.05) is 56.3 Å². The van der Waals surface area contributed by atoms with Gasteiger partial charge in [-0.3, -0.25) is 9.59 Å². The zero-order valence-electron chi connectivity index (χ0n) is 17.2. The summed E-state index contributed by atoms with van der Waals surface area (Å²) in [6.45, 7) is 10.6. The molecule has 28 heavy (non-hydrogen) atoms. The van der Waals surface area contributed by atoms with Gasteiger partial charge in [0.2, 0.25) is 11.8 Å². The van der Waals surface area contributed by atoms with Gasteiger partial charge >= 0.3 is 0 Å². The van der Waals surface area contributed by atoms with Crippen LogP contribution < -0.4 is 15.1 Å². The van der Waals surface area contributed by atoms with Crippen molar-refractivity contribution in [3.63, 3.8) is 0 Å². The highest BCUT2D eigenvalue weighted by Gasteiger charge is 2.35. The van der Waals surface area contributed by atoms with Crippen LogP contribution in [0.25, 0.3) is 0 Å². The van der Waals surface area contributed by atoms with Crippen LogP contribution in [0, 0.1) is 19.8 Å². The SMILES string of the molecule is CCN(CC)c1ccc(NC(=O)C2CC(=O)N(c3cccc(C)c3C)C2)cc1. The first kappa shape index (κ1) is 19.9. The van der Waals surface area contributed by atoms with Crippen molar-refractivity contribution in [2.24, 2.45) is 5.92 Å². The summed E-state index contributed by atoms with van der Waals surface area (Å²) in [6, 6.07) is 13.8. The highest BCUT2D eigenvalue weighted by atomic mass is 16.2. The number of hydrogen-bond donors (Lipinski definition) is 1. The number of nitrogens with zero attached hydrogens (tertiary/aromatic N) is 2. The fraction of sp³-hybridized carbons (Fsp3) is 0.391. The number of anilines is 3. The first-order valence-electron chi connectivity index (χ1n) is 9.97. The van der Waals surface area contributed by atoms with Crippen molar-refractivity contribution in [1.29, 1.82) is 0 Å². The third-order valence-electron chi connectivity index (χ3n) is 5.63. The maximum absolute atomic E-state index is 12.7. The summed E-state index contributed by atoms with van der Waals surface area (Å²) in [6.07, 6.45) is 0.247. The average Bonchev–Trinajstić information content (AvgIpc) is 3.08. The van der Waals surface area contributed by atoms with Crippen molar-refractivity contribution in [2.75, 3.05) is 34.8 Å². The Bertz CT molecular complexity index is 857. The van der Waals surface area contributed by atoms with Crippen LogP contribution >= 0.6 is 0 Å². The number of nitrogens with one attached hydrogen (secondary N) is 1. The molecule has 5 nitrogen and oxygen atoms in total. The quantitative estimate of drug-likeness (QED) is 0.821. The van der Waals surface area contributed by atoms with Gasteiger partial charge in [-0.2, -0.15) is 0 Å². The molecular weight excluding hydrogens is 350 g/mol. The predicted octanol–water partition coefficient (Wildman–Crippen LogP) is 4.14. The van der Waals surface area contributed by atoms with Crippen LogP contribution in [0.1, 0.15) is 31.4 Å². The molecule has 5 heteroatoms. The van der Waals surface area contributed by atoms with Crippen LogP contribution in [-0.2, 0) is 9.59 Å². The molecule has 1 aliphatic rings. The average molecular weight is 380 g/mol. The number of rotatable bonds is 6. The van der Waals surface area contributed by atoms with Gasteiger partial charge in [0.1, 0.15) is 0 Å². The molecule has 0 aliphatic carbocycles. The largest absolute Gasteiger partial charge is 0.372 e. The van der Waals surface area contributed by atoms with Gasteiger partial charge in [-0.05, 0) is 69.2 Å². The van der Waals surface area contributed by atoms with E-state index in [1.54, 1.807) is 4.90 Å². The van der Waals surface area contributed by atoms with E-state index < -0.39 is 0 Å². The fourth-order valence-electron chi connectivity index (χ4n) is 3.73. The Morgan fingerprint density at radius 1 is 1.11 bits per heavy atom. The summed E-state index contributed by atoms with van der Waals surface area (Å²) in [4.78, 5) is 29.3. The Balaban J connectivity index is 1.67. The van der Waals surface area contributed by atoms with Crippen LogP contribution in [0.15, 0.2) is 42.5 Å². The molecule has 1 unspecified atom stereocenters. The molecule has 1 heterocycles. The van der Waals surface area contributed by atoms with Gasteiger partial charge in [-0.1, -0.05) is 12.1 Å². The standard InChI is InChI=1S/C23H29N3O2/c1-5-25(6-2)20-12-10-19(11-13-20)24-23(28)18-14-22(27)26(15-18)21-9-7-8-16(3)17(21)4/h7-13,18H,5-6,14-15H2,1-4H3,(H,24,28). The molecule has 0 saturated carbocycles. The lowest BCUT2D eigenvalue weighted by atomic mass is 10.1. The van der Waals surface area contributed by atoms with E-state index in [2.05, 4.69) is 24.1 Å². The molecule has 2 aromatic carbocycles. The molecule has 2 amide bonds. The minimum absolute atomic E-state index is 0.00531. The summed E-state index contributed by atoms with van der Waals surface area (Å²) in [7, 11) is 0. The van der Waals surface area contributed by atoms with Crippen LogP contribution in [-0.4, -0.2) is 31.4 Å². The second-order valence-electron chi connectivity index (χ2n) is 7.33. The summed E-state index contributed by atoms with van der Waals surface area (Å²) in [5, 5.41) is 2.97. The molecule has 2 aromatic rings. The summed E-state index contributed by atoms with van der Waals surface area (Å²) in [5.41, 5.74) is 5.04. The van der Waals surface area contributed by atoms with E-state index in [1.165, 1.54) is 0 Å². The van der Waals surface area contributed by atoms with E-state index in [9.17, 15) is 9.59 Å². The van der Waals surface area contributed by atoms with E-state index in [0.717, 1.165) is 41.3 Å². The van der Waals surface area contributed by atoms with Gasteiger partial charge in [0.15, 0.2) is 0 Å². The Morgan fingerprint density at radius 2 is 1.79 bits per heavy atom. The zero-order valence-corrected chi connectivity index (χ0v) is 17.2. The topological polar surface area (TPSA) is 52.7 Å². The Hall–Kier alpha value is -2.82. The molecule has 1 saturated heterocycles. The molecule has 0 aromatic heterocycles. The summed E-state index contributed by atoms with van der Waals surface area (Å²) >= 11 is 0. The number of hydrogen-bond acceptors (Lipinski definition) is 3. The van der Waals surface area contributed by atoms with Gasteiger partial charge in [-0.25, -0.2) is 0 Å². The Kier molecular flexibility index (Phi) is 6.02. The minimum atomic E-state index is -0.338. The van der Waals surface area contributed by atoms with Crippen LogP contribution in [0.4, 0.5) is 17.1 Å². The minimum Gasteiger partial charge on any atom is -0.372 e. The van der Waals surface area contributed by atoms with E-state index in [0.29, 0.717) is 6.54 Å². The van der Waals surface area contributed by atoms with E-state index in [-0.39, 0.29) is 24.2 Å². The van der Waals surface area contributed by atoms with Crippen molar-refractivity contribution < 1.29 is 9.59 Å². The van der Waals surface area contributed by atoms with Crippen LogP contribution in [0.2, 0.25) is 0 Å². The van der Waals surface area contributed by atoms with E-state index in [4.69, 9.17) is 0 Å².